The summed E-state index contributed by atoms with van der Waals surface area (Å²) in [5, 5.41) is 9.81. The van der Waals surface area contributed by atoms with E-state index in [0.29, 0.717) is 5.02 Å². The Morgan fingerprint density at radius 3 is 2.45 bits per heavy atom. The van der Waals surface area contributed by atoms with Crippen molar-refractivity contribution in [2.24, 2.45) is 5.92 Å². The van der Waals surface area contributed by atoms with Crippen LogP contribution in [0.2, 0.25) is 5.02 Å². The first-order valence-corrected chi connectivity index (χ1v) is 7.92. The Balaban J connectivity index is 1.82. The lowest BCUT2D eigenvalue weighted by atomic mass is 10.1. The molecule has 1 N–H and O–H groups in total. The number of hydrogen-bond acceptors (Lipinski definition) is 2. The monoisotopic (exact) mass is 319 g/mol. The van der Waals surface area contributed by atoms with Crippen LogP contribution in [0.1, 0.15) is 24.0 Å². The van der Waals surface area contributed by atoms with Crippen molar-refractivity contribution in [2.75, 3.05) is 11.4 Å². The summed E-state index contributed by atoms with van der Waals surface area (Å²) in [6, 6.07) is 12.4. The lowest BCUT2D eigenvalue weighted by Crippen LogP contribution is -2.25. The van der Waals surface area contributed by atoms with Gasteiger partial charge in [0.25, 0.3) is 0 Å². The third-order valence-corrected chi connectivity index (χ3v) is 4.39. The van der Waals surface area contributed by atoms with Crippen molar-refractivity contribution >= 4 is 17.3 Å². The van der Waals surface area contributed by atoms with E-state index in [2.05, 4.69) is 4.90 Å². The number of aliphatic hydroxyl groups excluding tert-OH is 1. The molecule has 0 spiro atoms. The molecular formula is C18H19ClFNO. The van der Waals surface area contributed by atoms with Crippen LogP contribution in [-0.4, -0.2) is 11.7 Å². The molecule has 0 atom stereocenters. The normalized spacial score (nSPS) is 14.1. The average molecular weight is 320 g/mol. The minimum absolute atomic E-state index is 0.0559. The van der Waals surface area contributed by atoms with Crippen molar-refractivity contribution in [1.29, 1.82) is 0 Å². The third-order valence-electron chi connectivity index (χ3n) is 4.03. The van der Waals surface area contributed by atoms with Crippen LogP contribution < -0.4 is 4.90 Å². The number of benzene rings is 2. The van der Waals surface area contributed by atoms with Gasteiger partial charge in [-0.1, -0.05) is 29.8 Å². The molecule has 0 aromatic heterocycles. The van der Waals surface area contributed by atoms with E-state index in [-0.39, 0.29) is 12.4 Å². The van der Waals surface area contributed by atoms with E-state index >= 15 is 0 Å². The average Bonchev–Trinajstić information content (AvgIpc) is 3.33. The number of hydrogen-bond donors (Lipinski definition) is 1. The molecular weight excluding hydrogens is 301 g/mol. The Kier molecular flexibility index (Phi) is 4.65. The summed E-state index contributed by atoms with van der Waals surface area (Å²) in [5.41, 5.74) is 2.85. The smallest absolute Gasteiger partial charge is 0.123 e. The molecule has 0 saturated heterocycles. The van der Waals surface area contributed by atoms with Crippen LogP contribution >= 0.6 is 11.6 Å². The number of aliphatic hydroxyl groups is 1. The van der Waals surface area contributed by atoms with Crippen molar-refractivity contribution in [3.05, 3.63) is 64.4 Å². The molecule has 1 fully saturated rings. The predicted octanol–water partition coefficient (Wildman–Crippen LogP) is 4.39. The molecule has 0 amide bonds. The summed E-state index contributed by atoms with van der Waals surface area (Å²) >= 11 is 6.21. The molecule has 2 aromatic rings. The zero-order valence-corrected chi connectivity index (χ0v) is 13.1. The maximum atomic E-state index is 13.0. The number of anilines is 1. The Morgan fingerprint density at radius 2 is 1.86 bits per heavy atom. The minimum Gasteiger partial charge on any atom is -0.392 e. The number of halogens is 2. The Morgan fingerprint density at radius 1 is 1.14 bits per heavy atom. The maximum Gasteiger partial charge on any atom is 0.123 e. The number of rotatable bonds is 6. The van der Waals surface area contributed by atoms with Gasteiger partial charge in [-0.25, -0.2) is 4.39 Å². The molecule has 2 nitrogen and oxygen atoms in total. The molecule has 1 saturated carbocycles. The molecule has 2 aromatic carbocycles. The molecule has 0 radical (unpaired) electrons. The van der Waals surface area contributed by atoms with Crippen LogP contribution in [0, 0.1) is 11.7 Å². The molecule has 0 heterocycles. The van der Waals surface area contributed by atoms with Gasteiger partial charge >= 0.3 is 0 Å². The Bertz CT molecular complexity index is 640. The summed E-state index contributed by atoms with van der Waals surface area (Å²) in [4.78, 5) is 2.28. The third kappa shape index (κ3) is 3.79. The molecule has 0 bridgehead atoms. The van der Waals surface area contributed by atoms with Crippen LogP contribution in [0.5, 0.6) is 0 Å². The zero-order valence-electron chi connectivity index (χ0n) is 12.3. The van der Waals surface area contributed by atoms with Crippen LogP contribution in [0.3, 0.4) is 0 Å². The van der Waals surface area contributed by atoms with Gasteiger partial charge in [-0.05, 0) is 54.2 Å². The molecule has 4 heteroatoms. The second-order valence-corrected chi connectivity index (χ2v) is 6.29. The van der Waals surface area contributed by atoms with Crippen molar-refractivity contribution < 1.29 is 9.50 Å². The molecule has 22 heavy (non-hydrogen) atoms. The predicted molar refractivity (Wildman–Crippen MR) is 87.5 cm³/mol. The fraction of sp³-hybridized carbons (Fsp3) is 0.333. The second-order valence-electron chi connectivity index (χ2n) is 5.88. The summed E-state index contributed by atoms with van der Waals surface area (Å²) < 4.78 is 13.0. The molecule has 0 unspecified atom stereocenters. The molecule has 3 rings (SSSR count). The van der Waals surface area contributed by atoms with Gasteiger partial charge in [-0.15, -0.1) is 0 Å². The van der Waals surface area contributed by atoms with Crippen LogP contribution in [-0.2, 0) is 13.2 Å². The van der Waals surface area contributed by atoms with E-state index in [1.807, 2.05) is 30.3 Å². The van der Waals surface area contributed by atoms with E-state index < -0.39 is 0 Å². The summed E-state index contributed by atoms with van der Waals surface area (Å²) in [5.74, 6) is 0.518. The van der Waals surface area contributed by atoms with Gasteiger partial charge in [0.15, 0.2) is 0 Å². The van der Waals surface area contributed by atoms with E-state index in [9.17, 15) is 9.50 Å². The van der Waals surface area contributed by atoms with Crippen LogP contribution in [0.4, 0.5) is 10.1 Å². The van der Waals surface area contributed by atoms with E-state index in [1.54, 1.807) is 0 Å². The first-order valence-electron chi connectivity index (χ1n) is 7.54. The Hall–Kier alpha value is -1.58. The fourth-order valence-corrected chi connectivity index (χ4v) is 2.78. The second kappa shape index (κ2) is 6.67. The van der Waals surface area contributed by atoms with Crippen molar-refractivity contribution in [3.63, 3.8) is 0 Å². The fourth-order valence-electron chi connectivity index (χ4n) is 2.54. The van der Waals surface area contributed by atoms with Gasteiger partial charge in [0.1, 0.15) is 5.82 Å². The summed E-state index contributed by atoms with van der Waals surface area (Å²) in [6.07, 6.45) is 2.53. The van der Waals surface area contributed by atoms with Crippen molar-refractivity contribution in [1.82, 2.24) is 0 Å². The van der Waals surface area contributed by atoms with Crippen LogP contribution in [0.25, 0.3) is 0 Å². The first kappa shape index (κ1) is 15.3. The largest absolute Gasteiger partial charge is 0.392 e. The summed E-state index contributed by atoms with van der Waals surface area (Å²) in [6.45, 7) is 1.65. The SMILES string of the molecule is OCc1ccc(N(Cc2ccc(F)cc2)CC2CC2)cc1Cl. The highest BCUT2D eigenvalue weighted by molar-refractivity contribution is 6.31. The highest BCUT2D eigenvalue weighted by Crippen LogP contribution is 2.33. The number of nitrogens with zero attached hydrogens (tertiary/aromatic N) is 1. The van der Waals surface area contributed by atoms with Gasteiger partial charge in [0, 0.05) is 23.8 Å². The van der Waals surface area contributed by atoms with E-state index in [4.69, 9.17) is 11.6 Å². The van der Waals surface area contributed by atoms with Gasteiger partial charge in [-0.3, -0.25) is 0 Å². The lowest BCUT2D eigenvalue weighted by Gasteiger charge is -2.25. The van der Waals surface area contributed by atoms with Crippen molar-refractivity contribution in [3.8, 4) is 0 Å². The van der Waals surface area contributed by atoms with E-state index in [1.165, 1.54) is 25.0 Å². The first-order chi connectivity index (χ1) is 10.7. The standard InChI is InChI=1S/C18H19ClFNO/c19-18-9-17(8-5-15(18)12-22)21(10-13-1-2-13)11-14-3-6-16(20)7-4-14/h3-9,13,22H,1-2,10-12H2. The molecule has 1 aliphatic rings. The quantitative estimate of drug-likeness (QED) is 0.853. The van der Waals surface area contributed by atoms with Gasteiger partial charge < -0.3 is 10.0 Å². The molecule has 116 valence electrons. The van der Waals surface area contributed by atoms with Gasteiger partial charge in [-0.2, -0.15) is 0 Å². The van der Waals surface area contributed by atoms with E-state index in [0.717, 1.165) is 35.8 Å². The molecule has 1 aliphatic carbocycles. The lowest BCUT2D eigenvalue weighted by molar-refractivity contribution is 0.282. The maximum absolute atomic E-state index is 13.0. The zero-order chi connectivity index (χ0) is 15.5. The topological polar surface area (TPSA) is 23.5 Å². The minimum atomic E-state index is -0.215. The highest BCUT2D eigenvalue weighted by atomic mass is 35.5. The van der Waals surface area contributed by atoms with Gasteiger partial charge in [0.05, 0.1) is 6.61 Å². The van der Waals surface area contributed by atoms with Gasteiger partial charge in [0.2, 0.25) is 0 Å². The summed E-state index contributed by atoms with van der Waals surface area (Å²) in [7, 11) is 0. The van der Waals surface area contributed by atoms with Crippen LogP contribution in [0.15, 0.2) is 42.5 Å². The highest BCUT2D eigenvalue weighted by Gasteiger charge is 2.25. The Labute approximate surface area is 135 Å². The van der Waals surface area contributed by atoms with Crippen molar-refractivity contribution in [2.45, 2.75) is 26.0 Å². The molecule has 0 aliphatic heterocycles.